The number of alkyl halides is 5. The van der Waals surface area contributed by atoms with Gasteiger partial charge >= 0.3 is 6.18 Å². The molecule has 1 unspecified atom stereocenters. The van der Waals surface area contributed by atoms with Gasteiger partial charge in [-0.3, -0.25) is 9.48 Å². The third-order valence-corrected chi connectivity index (χ3v) is 6.25. The average Bonchev–Trinajstić information content (AvgIpc) is 3.23. The van der Waals surface area contributed by atoms with Crippen LogP contribution in [0, 0.1) is 11.7 Å². The molecule has 0 radical (unpaired) electrons. The van der Waals surface area contributed by atoms with Crippen molar-refractivity contribution in [2.45, 2.75) is 31.5 Å². The highest BCUT2D eigenvalue weighted by molar-refractivity contribution is 5.99. The number of carbonyl (C=O) groups excluding carboxylic acids is 1. The van der Waals surface area contributed by atoms with Crippen LogP contribution in [0.1, 0.15) is 29.4 Å². The first kappa shape index (κ1) is 27.2. The molecule has 1 aromatic carbocycles. The topological polar surface area (TPSA) is 85.2 Å². The van der Waals surface area contributed by atoms with Crippen molar-refractivity contribution < 1.29 is 35.9 Å². The van der Waals surface area contributed by atoms with Gasteiger partial charge in [0.25, 0.3) is 11.8 Å². The second kappa shape index (κ2) is 10.1. The van der Waals surface area contributed by atoms with E-state index in [2.05, 4.69) is 20.4 Å². The van der Waals surface area contributed by atoms with Gasteiger partial charge < -0.3 is 15.0 Å². The van der Waals surface area contributed by atoms with E-state index in [1.165, 1.54) is 35.1 Å². The highest BCUT2D eigenvalue weighted by Gasteiger charge is 2.47. The van der Waals surface area contributed by atoms with Gasteiger partial charge in [0.05, 0.1) is 19.7 Å². The number of amides is 1. The van der Waals surface area contributed by atoms with Crippen LogP contribution in [0.4, 0.5) is 32.3 Å². The van der Waals surface area contributed by atoms with E-state index in [1.807, 2.05) is 0 Å². The number of likely N-dealkylation sites (tertiary alicyclic amines) is 1. The van der Waals surface area contributed by atoms with Crippen LogP contribution in [-0.4, -0.2) is 62.7 Å². The van der Waals surface area contributed by atoms with Crippen LogP contribution in [0.15, 0.2) is 36.7 Å². The predicted molar refractivity (Wildman–Crippen MR) is 124 cm³/mol. The Morgan fingerprint density at radius 1 is 1.24 bits per heavy atom. The summed E-state index contributed by atoms with van der Waals surface area (Å²) in [4.78, 5) is 22.0. The number of ether oxygens (including phenoxy) is 1. The zero-order valence-corrected chi connectivity index (χ0v) is 20.6. The summed E-state index contributed by atoms with van der Waals surface area (Å²) in [6.45, 7) is 0.530. The lowest BCUT2D eigenvalue weighted by Gasteiger charge is -2.43. The number of hydrogen-bond donors (Lipinski definition) is 1. The quantitative estimate of drug-likeness (QED) is 0.457. The predicted octanol–water partition coefficient (Wildman–Crippen LogP) is 4.64. The molecule has 204 valence electrons. The first-order valence-corrected chi connectivity index (χ1v) is 11.5. The van der Waals surface area contributed by atoms with Crippen molar-refractivity contribution in [1.29, 1.82) is 0 Å². The highest BCUT2D eigenvalue weighted by atomic mass is 19.4. The number of benzene rings is 1. The maximum absolute atomic E-state index is 14.6. The smallest absolute Gasteiger partial charge is 0.423 e. The number of rotatable bonds is 6. The molecular formula is C24H24F6N6O2. The summed E-state index contributed by atoms with van der Waals surface area (Å²) in [5.74, 6) is -6.06. The molecule has 0 saturated carbocycles. The van der Waals surface area contributed by atoms with E-state index in [0.717, 1.165) is 12.0 Å². The Kier molecular flexibility index (Phi) is 7.26. The lowest BCUT2D eigenvalue weighted by atomic mass is 9.88. The van der Waals surface area contributed by atoms with E-state index >= 15 is 0 Å². The molecule has 0 bridgehead atoms. The largest absolute Gasteiger partial charge is 0.480 e. The van der Waals surface area contributed by atoms with Gasteiger partial charge in [-0.15, -0.1) is 0 Å². The van der Waals surface area contributed by atoms with Gasteiger partial charge in [0, 0.05) is 38.0 Å². The number of hydrogen-bond acceptors (Lipinski definition) is 6. The third kappa shape index (κ3) is 5.68. The van der Waals surface area contributed by atoms with E-state index in [9.17, 15) is 31.1 Å². The van der Waals surface area contributed by atoms with Crippen molar-refractivity contribution in [3.05, 3.63) is 53.7 Å². The number of anilines is 1. The monoisotopic (exact) mass is 542 g/mol. The molecule has 2 aromatic heterocycles. The average molecular weight is 542 g/mol. The van der Waals surface area contributed by atoms with Crippen molar-refractivity contribution in [3.63, 3.8) is 0 Å². The molecule has 0 spiro atoms. The summed E-state index contributed by atoms with van der Waals surface area (Å²) >= 11 is 0. The molecular weight excluding hydrogens is 518 g/mol. The summed E-state index contributed by atoms with van der Waals surface area (Å²) < 4.78 is 88.1. The summed E-state index contributed by atoms with van der Waals surface area (Å²) in [5.41, 5.74) is -0.459. The maximum atomic E-state index is 14.6. The van der Waals surface area contributed by atoms with Crippen LogP contribution in [0.2, 0.25) is 0 Å². The van der Waals surface area contributed by atoms with Gasteiger partial charge in [-0.05, 0) is 23.6 Å². The number of nitrogens with zero attached hydrogens (tertiary/aromatic N) is 5. The molecule has 1 N–H and O–H groups in total. The first-order valence-electron chi connectivity index (χ1n) is 11.5. The number of aromatic nitrogens is 4. The first-order chi connectivity index (χ1) is 17.8. The zero-order valence-electron chi connectivity index (χ0n) is 20.6. The summed E-state index contributed by atoms with van der Waals surface area (Å²) in [5, 5.41) is 6.93. The van der Waals surface area contributed by atoms with Crippen LogP contribution in [-0.2, 0) is 13.2 Å². The Hall–Kier alpha value is -3.84. The lowest BCUT2D eigenvalue weighted by molar-refractivity contribution is -0.139. The van der Waals surface area contributed by atoms with Crippen molar-refractivity contribution >= 4 is 11.9 Å². The molecule has 14 heteroatoms. The molecule has 1 fully saturated rings. The minimum atomic E-state index is -4.73. The molecule has 0 aliphatic carbocycles. The minimum Gasteiger partial charge on any atom is -0.480 e. The van der Waals surface area contributed by atoms with Gasteiger partial charge in [0.15, 0.2) is 5.69 Å². The summed E-state index contributed by atoms with van der Waals surface area (Å²) in [7, 11) is 2.59. The number of halogens is 6. The molecule has 3 heterocycles. The second-order valence-electron chi connectivity index (χ2n) is 9.10. The van der Waals surface area contributed by atoms with Gasteiger partial charge in [-0.2, -0.15) is 23.3 Å². The van der Waals surface area contributed by atoms with E-state index in [4.69, 9.17) is 4.74 Å². The molecule has 1 saturated heterocycles. The lowest BCUT2D eigenvalue weighted by Crippen LogP contribution is -2.57. The Balaban J connectivity index is 1.63. The number of carbonyl (C=O) groups is 1. The fraction of sp³-hybridized carbons (Fsp3) is 0.417. The van der Waals surface area contributed by atoms with Gasteiger partial charge in [0.1, 0.15) is 11.4 Å². The molecule has 1 aliphatic heterocycles. The van der Waals surface area contributed by atoms with Crippen molar-refractivity contribution in [1.82, 2.24) is 24.6 Å². The normalized spacial score (nSPS) is 19.3. The Labute approximate surface area is 213 Å². The molecule has 1 amide bonds. The fourth-order valence-electron chi connectivity index (χ4n) is 4.50. The molecule has 8 nitrogen and oxygen atoms in total. The third-order valence-electron chi connectivity index (χ3n) is 6.25. The van der Waals surface area contributed by atoms with Crippen LogP contribution < -0.4 is 10.1 Å². The Bertz CT molecular complexity index is 1310. The van der Waals surface area contributed by atoms with Crippen LogP contribution in [0.3, 0.4) is 0 Å². The summed E-state index contributed by atoms with van der Waals surface area (Å²) in [6, 6.07) is 4.51. The van der Waals surface area contributed by atoms with Gasteiger partial charge in [0.2, 0.25) is 11.8 Å². The molecule has 38 heavy (non-hydrogen) atoms. The van der Waals surface area contributed by atoms with Crippen LogP contribution in [0.25, 0.3) is 11.1 Å². The van der Waals surface area contributed by atoms with Gasteiger partial charge in [-0.1, -0.05) is 19.1 Å². The number of piperidine rings is 1. The summed E-state index contributed by atoms with van der Waals surface area (Å²) in [6.07, 6.45) is -3.16. The Morgan fingerprint density at radius 3 is 2.55 bits per heavy atom. The van der Waals surface area contributed by atoms with Crippen molar-refractivity contribution in [3.8, 4) is 17.0 Å². The zero-order chi connectivity index (χ0) is 27.8. The van der Waals surface area contributed by atoms with Crippen LogP contribution >= 0.6 is 0 Å². The number of nitrogens with one attached hydrogen (secondary N) is 1. The highest BCUT2D eigenvalue weighted by Crippen LogP contribution is 2.37. The number of aryl methyl sites for hydroxylation is 1. The molecule has 2 atom stereocenters. The van der Waals surface area contributed by atoms with Crippen molar-refractivity contribution in [2.24, 2.45) is 13.0 Å². The maximum Gasteiger partial charge on any atom is 0.423 e. The van der Waals surface area contributed by atoms with Crippen LogP contribution in [0.5, 0.6) is 5.88 Å². The fourth-order valence-corrected chi connectivity index (χ4v) is 4.50. The molecule has 4 rings (SSSR count). The van der Waals surface area contributed by atoms with Crippen molar-refractivity contribution in [2.75, 3.05) is 25.5 Å². The standard InChI is InChI=1S/C24H24F6N6O2/c1-13-8-23(26,27)12-36(18(13)10-32-22-31-9-17(24(28,29)30)20(33-22)38-3)21(37)19-16(11-35(2)34-19)14-4-6-15(25)7-5-14/h4-7,9,11,13,18H,8,10,12H2,1-3H3,(H,31,32,33)/t13-,18?/m1/s1. The minimum absolute atomic E-state index is 0.0959. The Morgan fingerprint density at radius 2 is 1.92 bits per heavy atom. The molecule has 1 aliphatic rings. The van der Waals surface area contributed by atoms with E-state index < -0.39 is 60.2 Å². The van der Waals surface area contributed by atoms with Gasteiger partial charge in [-0.25, -0.2) is 18.2 Å². The second-order valence-corrected chi connectivity index (χ2v) is 9.10. The van der Waals surface area contributed by atoms with E-state index in [0.29, 0.717) is 17.3 Å². The van der Waals surface area contributed by atoms with E-state index in [-0.39, 0.29) is 18.2 Å². The molecule has 3 aromatic rings. The SMILES string of the molecule is COc1nc(NCC2[C@H](C)CC(F)(F)CN2C(=O)c2nn(C)cc2-c2ccc(F)cc2)ncc1C(F)(F)F. The number of methoxy groups -OCH3 is 1. The van der Waals surface area contributed by atoms with E-state index in [1.54, 1.807) is 14.0 Å².